The third kappa shape index (κ3) is 18.6. The second kappa shape index (κ2) is 18.0. The Labute approximate surface area is 200 Å². The fourth-order valence-electron chi connectivity index (χ4n) is 2.69. The summed E-state index contributed by atoms with van der Waals surface area (Å²) in [5.74, 6) is 0. The summed E-state index contributed by atoms with van der Waals surface area (Å²) >= 11 is 0. The normalized spacial score (nSPS) is 23.7. The molecule has 2 aliphatic heterocycles. The minimum atomic E-state index is -0.182. The Morgan fingerprint density at radius 2 is 1.03 bits per heavy atom. The van der Waals surface area contributed by atoms with Crippen LogP contribution < -0.4 is 17.2 Å². The second-order valence-corrected chi connectivity index (χ2v) is 9.39. The van der Waals surface area contributed by atoms with Crippen molar-refractivity contribution >= 4 is 0 Å². The van der Waals surface area contributed by atoms with Gasteiger partial charge in [0.25, 0.3) is 0 Å². The molecule has 0 spiro atoms. The highest BCUT2D eigenvalue weighted by Gasteiger charge is 2.30. The summed E-state index contributed by atoms with van der Waals surface area (Å²) in [6, 6.07) is 0.0681. The largest absolute Gasteiger partial charge is 0.379 e. The summed E-state index contributed by atoms with van der Waals surface area (Å²) in [7, 11) is 0. The van der Waals surface area contributed by atoms with Crippen molar-refractivity contribution in [2.24, 2.45) is 22.6 Å². The van der Waals surface area contributed by atoms with Gasteiger partial charge in [0.05, 0.1) is 79.3 Å². The van der Waals surface area contributed by atoms with E-state index in [2.05, 4.69) is 6.92 Å². The van der Waals surface area contributed by atoms with Crippen LogP contribution in [0.1, 0.15) is 34.1 Å². The maximum atomic E-state index is 5.72. The van der Waals surface area contributed by atoms with Crippen LogP contribution in [0.3, 0.4) is 0 Å². The number of nitrogens with two attached hydrogens (primary N) is 3. The third-order valence-electron chi connectivity index (χ3n) is 4.90. The number of hydrogen-bond acceptors (Lipinski definition) is 10. The van der Waals surface area contributed by atoms with Crippen molar-refractivity contribution < 1.29 is 33.2 Å². The fourth-order valence-corrected chi connectivity index (χ4v) is 2.69. The van der Waals surface area contributed by atoms with Gasteiger partial charge in [-0.3, -0.25) is 0 Å². The van der Waals surface area contributed by atoms with Crippen LogP contribution in [0, 0.1) is 5.41 Å². The summed E-state index contributed by atoms with van der Waals surface area (Å²) in [4.78, 5) is 0. The molecule has 0 amide bonds. The van der Waals surface area contributed by atoms with Crippen LogP contribution in [0.4, 0.5) is 0 Å². The number of hydrogen-bond donors (Lipinski definition) is 3. The molecule has 2 rings (SSSR count). The molecule has 0 aromatic rings. The van der Waals surface area contributed by atoms with E-state index in [9.17, 15) is 0 Å². The first kappa shape index (κ1) is 30.6. The van der Waals surface area contributed by atoms with Crippen LogP contribution in [-0.2, 0) is 33.2 Å². The van der Waals surface area contributed by atoms with Gasteiger partial charge in [0.15, 0.2) is 0 Å². The standard InChI is InChI=1S/C15H35N3O3.C8H14O4/c1-5-15(9-19-6-12(2)16,10-20-7-13(3)17)11-21-8-14(4)18;1(9-3-7-5-11-7)2-10-4-8-6-12-8/h12-14H,5-11,16-18H2,1-4H3;7-8H,1-6H2. The number of rotatable bonds is 20. The van der Waals surface area contributed by atoms with E-state index < -0.39 is 0 Å². The highest BCUT2D eigenvalue weighted by molar-refractivity contribution is 4.78. The lowest BCUT2D eigenvalue weighted by Gasteiger charge is -2.33. The molecule has 198 valence electrons. The van der Waals surface area contributed by atoms with Gasteiger partial charge < -0.3 is 50.4 Å². The zero-order valence-electron chi connectivity index (χ0n) is 21.2. The van der Waals surface area contributed by atoms with Crippen molar-refractivity contribution in [3.63, 3.8) is 0 Å². The molecule has 10 heteroatoms. The molecule has 10 nitrogen and oxygen atoms in total. The van der Waals surface area contributed by atoms with Crippen molar-refractivity contribution in [3.8, 4) is 0 Å². The molecule has 2 aliphatic rings. The second-order valence-electron chi connectivity index (χ2n) is 9.39. The minimum absolute atomic E-state index is 0.0227. The van der Waals surface area contributed by atoms with Crippen molar-refractivity contribution in [1.82, 2.24) is 0 Å². The van der Waals surface area contributed by atoms with Gasteiger partial charge in [-0.2, -0.15) is 0 Å². The van der Waals surface area contributed by atoms with E-state index in [1.807, 2.05) is 20.8 Å². The minimum Gasteiger partial charge on any atom is -0.379 e. The Bertz CT molecular complexity index is 409. The van der Waals surface area contributed by atoms with Gasteiger partial charge >= 0.3 is 0 Å². The molecule has 0 aliphatic carbocycles. The van der Waals surface area contributed by atoms with Crippen LogP contribution in [0.5, 0.6) is 0 Å². The van der Waals surface area contributed by atoms with Crippen molar-refractivity contribution in [2.75, 3.05) is 79.3 Å². The van der Waals surface area contributed by atoms with Crippen molar-refractivity contribution in [2.45, 2.75) is 64.4 Å². The predicted octanol–water partition coefficient (Wildman–Crippen LogP) is 0.291. The summed E-state index contributed by atoms with van der Waals surface area (Å²) in [6.45, 7) is 15.6. The van der Waals surface area contributed by atoms with E-state index in [-0.39, 0.29) is 23.5 Å². The van der Waals surface area contributed by atoms with Gasteiger partial charge in [0.2, 0.25) is 0 Å². The van der Waals surface area contributed by atoms with Crippen LogP contribution in [0.25, 0.3) is 0 Å². The van der Waals surface area contributed by atoms with E-state index in [0.717, 1.165) is 19.6 Å². The van der Waals surface area contributed by atoms with Gasteiger partial charge in [-0.15, -0.1) is 0 Å². The van der Waals surface area contributed by atoms with Gasteiger partial charge in [0, 0.05) is 23.5 Å². The van der Waals surface area contributed by atoms with E-state index >= 15 is 0 Å². The SMILES string of the molecule is C(COCC1CO1)OCC1CO1.CCC(COCC(C)N)(COCC(C)N)COCC(C)N. The highest BCUT2D eigenvalue weighted by Crippen LogP contribution is 2.24. The molecule has 2 saturated heterocycles. The van der Waals surface area contributed by atoms with E-state index in [1.165, 1.54) is 0 Å². The lowest BCUT2D eigenvalue weighted by molar-refractivity contribution is -0.0750. The van der Waals surface area contributed by atoms with Crippen LogP contribution in [-0.4, -0.2) is 110 Å². The maximum absolute atomic E-state index is 5.72. The molecule has 6 N–H and O–H groups in total. The predicted molar refractivity (Wildman–Crippen MR) is 127 cm³/mol. The fraction of sp³-hybridized carbons (Fsp3) is 1.00. The molecule has 0 radical (unpaired) electrons. The molecule has 0 saturated carbocycles. The topological polar surface area (TPSA) is 149 Å². The molecular weight excluding hydrogens is 430 g/mol. The Morgan fingerprint density at radius 1 is 0.697 bits per heavy atom. The Hall–Kier alpha value is -0.400. The average Bonchev–Trinajstić information content (AvgIpc) is 3.65. The Kier molecular flexibility index (Phi) is 16.7. The van der Waals surface area contributed by atoms with Crippen molar-refractivity contribution in [3.05, 3.63) is 0 Å². The molecule has 33 heavy (non-hydrogen) atoms. The Balaban J connectivity index is 0.000000377. The molecule has 2 heterocycles. The van der Waals surface area contributed by atoms with Crippen LogP contribution >= 0.6 is 0 Å². The first-order chi connectivity index (χ1) is 15.8. The highest BCUT2D eigenvalue weighted by atomic mass is 16.6. The summed E-state index contributed by atoms with van der Waals surface area (Å²) < 4.78 is 37.6. The zero-order chi connectivity index (χ0) is 24.5. The average molecular weight is 480 g/mol. The molecule has 2 fully saturated rings. The third-order valence-corrected chi connectivity index (χ3v) is 4.90. The molecule has 0 aromatic carbocycles. The summed E-state index contributed by atoms with van der Waals surface area (Å²) in [6.07, 6.45) is 1.61. The maximum Gasteiger partial charge on any atom is 0.104 e. The lowest BCUT2D eigenvalue weighted by Crippen LogP contribution is -2.40. The van der Waals surface area contributed by atoms with E-state index in [1.54, 1.807) is 0 Å². The summed E-state index contributed by atoms with van der Waals surface area (Å²) in [5.41, 5.74) is 17.0. The van der Waals surface area contributed by atoms with E-state index in [4.69, 9.17) is 50.4 Å². The quantitative estimate of drug-likeness (QED) is 0.164. The smallest absolute Gasteiger partial charge is 0.104 e. The zero-order valence-corrected chi connectivity index (χ0v) is 21.2. The van der Waals surface area contributed by atoms with Gasteiger partial charge in [-0.05, 0) is 27.2 Å². The molecule has 5 atom stereocenters. The number of ether oxygens (including phenoxy) is 7. The van der Waals surface area contributed by atoms with Gasteiger partial charge in [-0.25, -0.2) is 0 Å². The first-order valence-electron chi connectivity index (χ1n) is 12.1. The molecule has 5 unspecified atom stereocenters. The van der Waals surface area contributed by atoms with Crippen molar-refractivity contribution in [1.29, 1.82) is 0 Å². The first-order valence-corrected chi connectivity index (χ1v) is 12.1. The lowest BCUT2D eigenvalue weighted by atomic mass is 9.88. The van der Waals surface area contributed by atoms with Gasteiger partial charge in [0.1, 0.15) is 12.2 Å². The monoisotopic (exact) mass is 479 g/mol. The molecular formula is C23H49N3O7. The van der Waals surface area contributed by atoms with Crippen LogP contribution in [0.2, 0.25) is 0 Å². The number of epoxide rings is 2. The van der Waals surface area contributed by atoms with Gasteiger partial charge in [-0.1, -0.05) is 6.92 Å². The molecule has 0 bridgehead atoms. The van der Waals surface area contributed by atoms with E-state index in [0.29, 0.717) is 78.3 Å². The summed E-state index contributed by atoms with van der Waals surface area (Å²) in [5, 5.41) is 0. The Morgan fingerprint density at radius 3 is 1.27 bits per heavy atom. The molecule has 0 aromatic heterocycles. The van der Waals surface area contributed by atoms with Crippen LogP contribution in [0.15, 0.2) is 0 Å².